The van der Waals surface area contributed by atoms with Gasteiger partial charge in [0, 0.05) is 5.02 Å². The van der Waals surface area contributed by atoms with Crippen molar-refractivity contribution in [3.63, 3.8) is 0 Å². The normalized spacial score (nSPS) is 12.2. The Morgan fingerprint density at radius 3 is 2.51 bits per heavy atom. The number of ether oxygens (including phenoxy) is 1. The lowest BCUT2D eigenvalue weighted by molar-refractivity contribution is -0.124. The number of aryl methyl sites for hydroxylation is 1. The van der Waals surface area contributed by atoms with Crippen molar-refractivity contribution in [2.24, 2.45) is 0 Å². The van der Waals surface area contributed by atoms with Gasteiger partial charge in [-0.1, -0.05) is 53.6 Å². The Balaban J connectivity index is 1.65. The number of carboxylic acid groups (broad SMARTS) is 1. The summed E-state index contributed by atoms with van der Waals surface area (Å²) in [6.07, 6.45) is 0.151. The molecule has 11 heteroatoms. The summed E-state index contributed by atoms with van der Waals surface area (Å²) in [6.45, 7) is 1.76. The number of rotatable bonds is 12. The summed E-state index contributed by atoms with van der Waals surface area (Å²) in [5.74, 6) is -3.31. The highest BCUT2D eigenvalue weighted by molar-refractivity contribution is 6.30. The van der Waals surface area contributed by atoms with Crippen LogP contribution in [0.15, 0.2) is 66.7 Å². The predicted octanol–water partition coefficient (Wildman–Crippen LogP) is 3.56. The summed E-state index contributed by atoms with van der Waals surface area (Å²) in [4.78, 5) is 36.8. The van der Waals surface area contributed by atoms with Crippen molar-refractivity contribution >= 4 is 29.4 Å². The molecule has 9 nitrogen and oxygen atoms in total. The molecule has 39 heavy (non-hydrogen) atoms. The van der Waals surface area contributed by atoms with Gasteiger partial charge in [0.1, 0.15) is 17.9 Å². The van der Waals surface area contributed by atoms with Crippen LogP contribution in [0.4, 0.5) is 4.39 Å². The molecule has 0 fully saturated rings. The molecule has 3 aromatic rings. The lowest BCUT2D eigenvalue weighted by Crippen LogP contribution is -2.55. The third-order valence-corrected chi connectivity index (χ3v) is 5.81. The highest BCUT2D eigenvalue weighted by atomic mass is 35.5. The molecule has 4 N–H and O–H groups in total. The first-order chi connectivity index (χ1) is 18.7. The van der Waals surface area contributed by atoms with Crippen LogP contribution >= 0.6 is 11.6 Å². The standard InChI is InChI=1S/C28H26ClFN4O5/c1-17-4-2-5-18(10-17)12-25(33-34-26(35)23-9-8-21(29)13-24(23)30)27(36)32-22(14-31)16-39-15-19-6-3-7-20(11-19)28(37)38/h2-11,13,22,25,33H,12,15-16H2,1H3,(H,32,36)(H,34,35)(H,37,38)/t22-,25+/m1/s1. The van der Waals surface area contributed by atoms with E-state index in [2.05, 4.69) is 16.2 Å². The Kier molecular flexibility index (Phi) is 10.5. The second-order valence-corrected chi connectivity index (χ2v) is 9.12. The number of benzene rings is 3. The third-order valence-electron chi connectivity index (χ3n) is 5.57. The van der Waals surface area contributed by atoms with Crippen LogP contribution in [0.3, 0.4) is 0 Å². The number of carboxylic acids is 1. The van der Waals surface area contributed by atoms with E-state index >= 15 is 0 Å². The number of nitriles is 1. The average molecular weight is 553 g/mol. The maximum Gasteiger partial charge on any atom is 0.335 e. The molecule has 0 unspecified atom stereocenters. The van der Waals surface area contributed by atoms with Crippen LogP contribution in [-0.2, 0) is 22.6 Å². The number of hydrogen-bond acceptors (Lipinski definition) is 6. The van der Waals surface area contributed by atoms with E-state index < -0.39 is 35.7 Å². The summed E-state index contributed by atoms with van der Waals surface area (Å²) in [5.41, 5.74) is 7.17. The fourth-order valence-electron chi connectivity index (χ4n) is 3.65. The molecule has 0 saturated heterocycles. The Labute approximate surface area is 229 Å². The van der Waals surface area contributed by atoms with E-state index in [9.17, 15) is 24.0 Å². The zero-order valence-electron chi connectivity index (χ0n) is 20.9. The van der Waals surface area contributed by atoms with E-state index in [1.54, 1.807) is 12.1 Å². The smallest absolute Gasteiger partial charge is 0.335 e. The quantitative estimate of drug-likeness (QED) is 0.252. The highest BCUT2D eigenvalue weighted by Crippen LogP contribution is 2.14. The molecule has 0 aliphatic carbocycles. The molecule has 3 rings (SSSR count). The van der Waals surface area contributed by atoms with Gasteiger partial charge < -0.3 is 15.2 Å². The molecule has 0 bridgehead atoms. The molecule has 3 aromatic carbocycles. The first-order valence-corrected chi connectivity index (χ1v) is 12.2. The molecule has 0 aliphatic rings. The van der Waals surface area contributed by atoms with Crippen molar-refractivity contribution in [2.45, 2.75) is 32.0 Å². The number of carbonyl (C=O) groups excluding carboxylic acids is 2. The van der Waals surface area contributed by atoms with Crippen LogP contribution in [0.25, 0.3) is 0 Å². The van der Waals surface area contributed by atoms with E-state index in [1.165, 1.54) is 24.3 Å². The molecule has 2 atom stereocenters. The highest BCUT2D eigenvalue weighted by Gasteiger charge is 2.24. The Morgan fingerprint density at radius 2 is 1.82 bits per heavy atom. The summed E-state index contributed by atoms with van der Waals surface area (Å²) >= 11 is 5.75. The number of aromatic carboxylic acids is 1. The fraction of sp³-hybridized carbons (Fsp3) is 0.214. The van der Waals surface area contributed by atoms with Gasteiger partial charge in [-0.05, 0) is 54.8 Å². The molecule has 0 heterocycles. The van der Waals surface area contributed by atoms with Gasteiger partial charge in [-0.3, -0.25) is 15.0 Å². The lowest BCUT2D eigenvalue weighted by Gasteiger charge is -2.21. The number of hydrazine groups is 1. The van der Waals surface area contributed by atoms with E-state index in [0.717, 1.165) is 17.2 Å². The van der Waals surface area contributed by atoms with Crippen molar-refractivity contribution in [2.75, 3.05) is 6.61 Å². The lowest BCUT2D eigenvalue weighted by atomic mass is 10.0. The van der Waals surface area contributed by atoms with Crippen molar-refractivity contribution in [1.29, 1.82) is 5.26 Å². The van der Waals surface area contributed by atoms with Gasteiger partial charge in [-0.25, -0.2) is 14.6 Å². The molecule has 0 aliphatic heterocycles. The van der Waals surface area contributed by atoms with Crippen LogP contribution in [-0.4, -0.2) is 41.6 Å². The Hall–Kier alpha value is -4.30. The van der Waals surface area contributed by atoms with E-state index in [-0.39, 0.29) is 35.8 Å². The van der Waals surface area contributed by atoms with E-state index in [4.69, 9.17) is 21.4 Å². The first kappa shape index (κ1) is 29.3. The Bertz CT molecular complexity index is 1390. The monoisotopic (exact) mass is 552 g/mol. The number of hydrogen-bond donors (Lipinski definition) is 4. The first-order valence-electron chi connectivity index (χ1n) is 11.8. The topological polar surface area (TPSA) is 141 Å². The summed E-state index contributed by atoms with van der Waals surface area (Å²) in [5, 5.41) is 21.4. The summed E-state index contributed by atoms with van der Waals surface area (Å²) in [7, 11) is 0. The average Bonchev–Trinajstić information content (AvgIpc) is 2.90. The largest absolute Gasteiger partial charge is 0.478 e. The van der Waals surface area contributed by atoms with Gasteiger partial charge in [0.15, 0.2) is 0 Å². The fourth-order valence-corrected chi connectivity index (χ4v) is 3.81. The zero-order valence-corrected chi connectivity index (χ0v) is 21.7. The molecular formula is C28H26ClFN4O5. The molecule has 2 amide bonds. The summed E-state index contributed by atoms with van der Waals surface area (Å²) < 4.78 is 19.7. The minimum Gasteiger partial charge on any atom is -0.478 e. The molecule has 0 radical (unpaired) electrons. The second kappa shape index (κ2) is 14.0. The molecule has 0 spiro atoms. The predicted molar refractivity (Wildman–Crippen MR) is 141 cm³/mol. The van der Waals surface area contributed by atoms with Gasteiger partial charge >= 0.3 is 5.97 Å². The van der Waals surface area contributed by atoms with Gasteiger partial charge in [0.2, 0.25) is 5.91 Å². The molecular weight excluding hydrogens is 527 g/mol. The Morgan fingerprint density at radius 1 is 1.08 bits per heavy atom. The van der Waals surface area contributed by atoms with Crippen LogP contribution < -0.4 is 16.2 Å². The SMILES string of the molecule is Cc1cccc(C[C@H](NNC(=O)c2ccc(Cl)cc2F)C(=O)N[C@H](C#N)COCc2cccc(C(=O)O)c2)c1. The number of nitrogens with one attached hydrogen (secondary N) is 3. The minimum absolute atomic E-state index is 0.0306. The number of amides is 2. The van der Waals surface area contributed by atoms with Gasteiger partial charge in [-0.2, -0.15) is 5.26 Å². The third kappa shape index (κ3) is 8.90. The van der Waals surface area contributed by atoms with Crippen molar-refractivity contribution in [3.05, 3.63) is 105 Å². The van der Waals surface area contributed by atoms with E-state index in [0.29, 0.717) is 5.56 Å². The zero-order chi connectivity index (χ0) is 28.4. The number of carbonyl (C=O) groups is 3. The maximum atomic E-state index is 14.2. The van der Waals surface area contributed by atoms with Crippen LogP contribution in [0.2, 0.25) is 5.02 Å². The van der Waals surface area contributed by atoms with Gasteiger partial charge in [0.05, 0.1) is 30.4 Å². The van der Waals surface area contributed by atoms with E-state index in [1.807, 2.05) is 37.3 Å². The van der Waals surface area contributed by atoms with Crippen LogP contribution in [0, 0.1) is 24.1 Å². The maximum absolute atomic E-state index is 14.2. The van der Waals surface area contributed by atoms with Crippen LogP contribution in [0.5, 0.6) is 0 Å². The minimum atomic E-state index is -1.07. The molecule has 0 aromatic heterocycles. The molecule has 0 saturated carbocycles. The number of halogens is 2. The second-order valence-electron chi connectivity index (χ2n) is 8.68. The van der Waals surface area contributed by atoms with Crippen LogP contribution in [0.1, 0.15) is 37.4 Å². The van der Waals surface area contributed by atoms with Crippen molar-refractivity contribution in [3.8, 4) is 6.07 Å². The molecule has 202 valence electrons. The van der Waals surface area contributed by atoms with Gasteiger partial charge in [-0.15, -0.1) is 0 Å². The van der Waals surface area contributed by atoms with Gasteiger partial charge in [0.25, 0.3) is 5.91 Å². The number of nitrogens with zero attached hydrogens (tertiary/aromatic N) is 1. The van der Waals surface area contributed by atoms with Crippen molar-refractivity contribution < 1.29 is 28.6 Å². The summed E-state index contributed by atoms with van der Waals surface area (Å²) in [6, 6.07) is 17.1. The van der Waals surface area contributed by atoms with Crippen molar-refractivity contribution in [1.82, 2.24) is 16.2 Å².